The summed E-state index contributed by atoms with van der Waals surface area (Å²) in [6.07, 6.45) is 0.515. The average molecular weight is 264 g/mol. The molecule has 4 heteroatoms. The van der Waals surface area contributed by atoms with Crippen molar-refractivity contribution in [2.24, 2.45) is 0 Å². The van der Waals surface area contributed by atoms with Gasteiger partial charge in [-0.15, -0.1) is 0 Å². The smallest absolute Gasteiger partial charge is 0.151 e. The molecule has 18 heavy (non-hydrogen) atoms. The molecule has 0 bridgehead atoms. The second-order valence-electron chi connectivity index (χ2n) is 4.61. The van der Waals surface area contributed by atoms with Crippen molar-refractivity contribution in [1.82, 2.24) is 0 Å². The van der Waals surface area contributed by atoms with Crippen LogP contribution < -0.4 is 0 Å². The standard InChI is InChI=1S/C14H16O3S/c1-10(15)14-12(9-18(2,16)17)8-7-11-5-3-4-6-13(11)14/h3-8,10,15H,9H2,1-2H3. The Balaban J connectivity index is 2.71. The van der Waals surface area contributed by atoms with Gasteiger partial charge in [0.25, 0.3) is 0 Å². The van der Waals surface area contributed by atoms with Gasteiger partial charge in [-0.05, 0) is 28.8 Å². The number of aliphatic hydroxyl groups is 1. The lowest BCUT2D eigenvalue weighted by Crippen LogP contribution is -2.06. The van der Waals surface area contributed by atoms with E-state index < -0.39 is 15.9 Å². The van der Waals surface area contributed by atoms with Crippen LogP contribution in [0.4, 0.5) is 0 Å². The molecule has 2 aromatic carbocycles. The van der Waals surface area contributed by atoms with Crippen LogP contribution in [0, 0.1) is 0 Å². The molecule has 0 radical (unpaired) electrons. The van der Waals surface area contributed by atoms with E-state index in [0.29, 0.717) is 11.1 Å². The molecular formula is C14H16O3S. The van der Waals surface area contributed by atoms with Crippen LogP contribution in [0.25, 0.3) is 10.8 Å². The van der Waals surface area contributed by atoms with E-state index in [1.54, 1.807) is 13.0 Å². The molecule has 0 saturated heterocycles. The molecule has 0 amide bonds. The van der Waals surface area contributed by atoms with Crippen molar-refractivity contribution in [1.29, 1.82) is 0 Å². The second kappa shape index (κ2) is 4.71. The van der Waals surface area contributed by atoms with E-state index in [0.717, 1.165) is 10.8 Å². The molecular weight excluding hydrogens is 248 g/mol. The lowest BCUT2D eigenvalue weighted by Gasteiger charge is -2.15. The molecule has 1 unspecified atom stereocenters. The van der Waals surface area contributed by atoms with Gasteiger partial charge in [-0.2, -0.15) is 0 Å². The Hall–Kier alpha value is -1.39. The lowest BCUT2D eigenvalue weighted by molar-refractivity contribution is 0.200. The number of aliphatic hydroxyl groups excluding tert-OH is 1. The zero-order valence-electron chi connectivity index (χ0n) is 10.4. The first-order chi connectivity index (χ1) is 8.38. The molecule has 1 atom stereocenters. The van der Waals surface area contributed by atoms with Crippen molar-refractivity contribution < 1.29 is 13.5 Å². The molecule has 2 aromatic rings. The molecule has 0 heterocycles. The van der Waals surface area contributed by atoms with Gasteiger partial charge in [0, 0.05) is 6.26 Å². The number of hydrogen-bond acceptors (Lipinski definition) is 3. The van der Waals surface area contributed by atoms with E-state index in [1.165, 1.54) is 6.26 Å². The van der Waals surface area contributed by atoms with Crippen LogP contribution in [-0.4, -0.2) is 19.8 Å². The first-order valence-corrected chi connectivity index (χ1v) is 7.81. The summed E-state index contributed by atoms with van der Waals surface area (Å²) < 4.78 is 22.9. The Morgan fingerprint density at radius 3 is 2.44 bits per heavy atom. The highest BCUT2D eigenvalue weighted by atomic mass is 32.2. The van der Waals surface area contributed by atoms with Gasteiger partial charge in [0.05, 0.1) is 11.9 Å². The van der Waals surface area contributed by atoms with Crippen LogP contribution in [0.15, 0.2) is 36.4 Å². The quantitative estimate of drug-likeness (QED) is 0.926. The van der Waals surface area contributed by atoms with Gasteiger partial charge < -0.3 is 5.11 Å². The van der Waals surface area contributed by atoms with Gasteiger partial charge in [-0.1, -0.05) is 36.4 Å². The van der Waals surface area contributed by atoms with E-state index >= 15 is 0 Å². The summed E-state index contributed by atoms with van der Waals surface area (Å²) in [7, 11) is -3.11. The van der Waals surface area contributed by atoms with Crippen LogP contribution in [0.1, 0.15) is 24.2 Å². The second-order valence-corrected chi connectivity index (χ2v) is 6.75. The van der Waals surface area contributed by atoms with Crippen molar-refractivity contribution in [2.45, 2.75) is 18.8 Å². The van der Waals surface area contributed by atoms with E-state index in [2.05, 4.69) is 0 Å². The predicted molar refractivity (Wildman–Crippen MR) is 73.1 cm³/mol. The average Bonchev–Trinajstić information content (AvgIpc) is 2.26. The summed E-state index contributed by atoms with van der Waals surface area (Å²) in [4.78, 5) is 0. The molecule has 0 aromatic heterocycles. The Kier molecular flexibility index (Phi) is 3.41. The first-order valence-electron chi connectivity index (χ1n) is 5.75. The van der Waals surface area contributed by atoms with Gasteiger partial charge in [-0.25, -0.2) is 8.42 Å². The first kappa shape index (κ1) is 13.1. The van der Waals surface area contributed by atoms with Crippen molar-refractivity contribution in [2.75, 3.05) is 6.26 Å². The van der Waals surface area contributed by atoms with Gasteiger partial charge >= 0.3 is 0 Å². The summed E-state index contributed by atoms with van der Waals surface area (Å²) in [5, 5.41) is 11.8. The van der Waals surface area contributed by atoms with Gasteiger partial charge in [-0.3, -0.25) is 0 Å². The Bertz CT molecular complexity index is 672. The molecule has 0 aliphatic heterocycles. The highest BCUT2D eigenvalue weighted by molar-refractivity contribution is 7.89. The SMILES string of the molecule is CC(O)c1c(CS(C)(=O)=O)ccc2ccccc12. The highest BCUT2D eigenvalue weighted by Crippen LogP contribution is 2.28. The highest BCUT2D eigenvalue weighted by Gasteiger charge is 2.15. The van der Waals surface area contributed by atoms with E-state index in [4.69, 9.17) is 0 Å². The monoisotopic (exact) mass is 264 g/mol. The summed E-state index contributed by atoms with van der Waals surface area (Å²) in [5.74, 6) is -0.0436. The van der Waals surface area contributed by atoms with Crippen LogP contribution in [-0.2, 0) is 15.6 Å². The fraction of sp³-hybridized carbons (Fsp3) is 0.286. The lowest BCUT2D eigenvalue weighted by atomic mass is 9.96. The topological polar surface area (TPSA) is 54.4 Å². The van der Waals surface area contributed by atoms with E-state index in [1.807, 2.05) is 30.3 Å². The minimum atomic E-state index is -3.11. The maximum atomic E-state index is 11.4. The molecule has 0 fully saturated rings. The molecule has 0 aliphatic carbocycles. The number of sulfone groups is 1. The minimum absolute atomic E-state index is 0.0436. The van der Waals surface area contributed by atoms with Gasteiger partial charge in [0.2, 0.25) is 0 Å². The van der Waals surface area contributed by atoms with Crippen molar-refractivity contribution in [3.8, 4) is 0 Å². The van der Waals surface area contributed by atoms with E-state index in [9.17, 15) is 13.5 Å². The minimum Gasteiger partial charge on any atom is -0.389 e. The van der Waals surface area contributed by atoms with Crippen molar-refractivity contribution >= 4 is 20.6 Å². The van der Waals surface area contributed by atoms with Crippen LogP contribution >= 0.6 is 0 Å². The molecule has 0 saturated carbocycles. The van der Waals surface area contributed by atoms with Crippen molar-refractivity contribution in [3.05, 3.63) is 47.5 Å². The summed E-state index contributed by atoms with van der Waals surface area (Å²) in [6, 6.07) is 11.3. The third kappa shape index (κ3) is 2.71. The summed E-state index contributed by atoms with van der Waals surface area (Å²) >= 11 is 0. The summed E-state index contributed by atoms with van der Waals surface area (Å²) in [6.45, 7) is 1.66. The Labute approximate surface area is 107 Å². The number of benzene rings is 2. The normalized spacial score (nSPS) is 13.7. The maximum absolute atomic E-state index is 11.4. The number of rotatable bonds is 3. The fourth-order valence-electron chi connectivity index (χ4n) is 2.24. The zero-order chi connectivity index (χ0) is 13.3. The third-order valence-electron chi connectivity index (χ3n) is 2.90. The molecule has 96 valence electrons. The van der Waals surface area contributed by atoms with E-state index in [-0.39, 0.29) is 5.75 Å². The zero-order valence-corrected chi connectivity index (χ0v) is 11.2. The molecule has 2 rings (SSSR count). The summed E-state index contributed by atoms with van der Waals surface area (Å²) in [5.41, 5.74) is 1.38. The molecule has 3 nitrogen and oxygen atoms in total. The number of hydrogen-bond donors (Lipinski definition) is 1. The van der Waals surface area contributed by atoms with Crippen LogP contribution in [0.3, 0.4) is 0 Å². The van der Waals surface area contributed by atoms with Gasteiger partial charge in [0.15, 0.2) is 9.84 Å². The predicted octanol–water partition coefficient (Wildman–Crippen LogP) is 2.44. The largest absolute Gasteiger partial charge is 0.389 e. The third-order valence-corrected chi connectivity index (χ3v) is 3.73. The van der Waals surface area contributed by atoms with Crippen LogP contribution in [0.2, 0.25) is 0 Å². The molecule has 1 N–H and O–H groups in total. The van der Waals surface area contributed by atoms with Gasteiger partial charge in [0.1, 0.15) is 0 Å². The molecule has 0 aliphatic rings. The van der Waals surface area contributed by atoms with Crippen LogP contribution in [0.5, 0.6) is 0 Å². The Morgan fingerprint density at radius 2 is 1.83 bits per heavy atom. The number of fused-ring (bicyclic) bond motifs is 1. The maximum Gasteiger partial charge on any atom is 0.151 e. The molecule has 0 spiro atoms. The fourth-order valence-corrected chi connectivity index (χ4v) is 3.06. The Morgan fingerprint density at radius 1 is 1.17 bits per heavy atom. The van der Waals surface area contributed by atoms with Crippen molar-refractivity contribution in [3.63, 3.8) is 0 Å².